The molecule has 6 nitrogen and oxygen atoms in total. The van der Waals surface area contributed by atoms with E-state index in [9.17, 15) is 18.0 Å². The number of nitrogens with zero attached hydrogens (tertiary/aromatic N) is 3. The molecule has 0 spiro atoms. The number of hydrogen-bond acceptors (Lipinski definition) is 4. The van der Waals surface area contributed by atoms with Crippen molar-refractivity contribution in [1.82, 2.24) is 20.0 Å². The lowest BCUT2D eigenvalue weighted by Gasteiger charge is -2.26. The quantitative estimate of drug-likeness (QED) is 0.813. The van der Waals surface area contributed by atoms with Crippen LogP contribution in [0.25, 0.3) is 0 Å². The second kappa shape index (κ2) is 8.22. The van der Waals surface area contributed by atoms with Gasteiger partial charge in [0, 0.05) is 18.3 Å². The Bertz CT molecular complexity index is 744. The molecule has 0 radical (unpaired) electrons. The SMILES string of the molecule is COc1ccccc1C(CNC(=O)Cn1ccc(C(F)(F)F)n1)N(C)C. The first-order valence-electron chi connectivity index (χ1n) is 7.89. The number of methoxy groups -OCH3 is 1. The number of amides is 1. The second-order valence-corrected chi connectivity index (χ2v) is 5.92. The van der Waals surface area contributed by atoms with Gasteiger partial charge in [0.2, 0.25) is 5.91 Å². The zero-order chi connectivity index (χ0) is 19.3. The second-order valence-electron chi connectivity index (χ2n) is 5.92. The molecule has 2 aromatic rings. The molecule has 2 rings (SSSR count). The summed E-state index contributed by atoms with van der Waals surface area (Å²) in [6.45, 7) is -0.0121. The average Bonchev–Trinajstić information content (AvgIpc) is 3.04. The van der Waals surface area contributed by atoms with Gasteiger partial charge in [0.25, 0.3) is 0 Å². The topological polar surface area (TPSA) is 59.4 Å². The predicted octanol–water partition coefficient (Wildman–Crippen LogP) is 2.33. The molecule has 9 heteroatoms. The van der Waals surface area contributed by atoms with Crippen LogP contribution in [0.1, 0.15) is 17.3 Å². The number of likely N-dealkylation sites (N-methyl/N-ethyl adjacent to an activating group) is 1. The molecule has 1 unspecified atom stereocenters. The summed E-state index contributed by atoms with van der Waals surface area (Å²) >= 11 is 0. The highest BCUT2D eigenvalue weighted by Crippen LogP contribution is 2.28. The fourth-order valence-electron chi connectivity index (χ4n) is 2.53. The minimum Gasteiger partial charge on any atom is -0.496 e. The third-order valence-electron chi connectivity index (χ3n) is 3.85. The lowest BCUT2D eigenvalue weighted by Crippen LogP contribution is -2.36. The fraction of sp³-hybridized carbons (Fsp3) is 0.412. The molecule has 1 aromatic heterocycles. The van der Waals surface area contributed by atoms with Gasteiger partial charge in [-0.15, -0.1) is 0 Å². The number of alkyl halides is 3. The van der Waals surface area contributed by atoms with Gasteiger partial charge < -0.3 is 15.0 Å². The van der Waals surface area contributed by atoms with E-state index in [0.29, 0.717) is 5.75 Å². The van der Waals surface area contributed by atoms with Crippen LogP contribution in [0.2, 0.25) is 0 Å². The van der Waals surface area contributed by atoms with Gasteiger partial charge in [0.15, 0.2) is 5.69 Å². The molecule has 1 atom stereocenters. The summed E-state index contributed by atoms with van der Waals surface area (Å²) in [6.07, 6.45) is -3.40. The van der Waals surface area contributed by atoms with Crippen molar-refractivity contribution >= 4 is 5.91 Å². The largest absolute Gasteiger partial charge is 0.496 e. The average molecular weight is 370 g/mol. The predicted molar refractivity (Wildman–Crippen MR) is 89.7 cm³/mol. The Hall–Kier alpha value is -2.55. The van der Waals surface area contributed by atoms with Crippen molar-refractivity contribution in [2.24, 2.45) is 0 Å². The number of halogens is 3. The molecule has 0 aliphatic carbocycles. The minimum absolute atomic E-state index is 0.154. The highest BCUT2D eigenvalue weighted by Gasteiger charge is 2.33. The minimum atomic E-state index is -4.53. The highest BCUT2D eigenvalue weighted by atomic mass is 19.4. The van der Waals surface area contributed by atoms with Gasteiger partial charge >= 0.3 is 6.18 Å². The van der Waals surface area contributed by atoms with Crippen LogP contribution in [-0.4, -0.2) is 48.3 Å². The van der Waals surface area contributed by atoms with Crippen LogP contribution >= 0.6 is 0 Å². The van der Waals surface area contributed by atoms with E-state index in [1.54, 1.807) is 7.11 Å². The maximum absolute atomic E-state index is 12.5. The van der Waals surface area contributed by atoms with E-state index in [1.165, 1.54) is 0 Å². The maximum atomic E-state index is 12.5. The lowest BCUT2D eigenvalue weighted by molar-refractivity contribution is -0.141. The fourth-order valence-corrected chi connectivity index (χ4v) is 2.53. The zero-order valence-electron chi connectivity index (χ0n) is 14.7. The third-order valence-corrected chi connectivity index (χ3v) is 3.85. The molecule has 0 aliphatic rings. The first-order valence-corrected chi connectivity index (χ1v) is 7.89. The van der Waals surface area contributed by atoms with Gasteiger partial charge in [-0.05, 0) is 26.2 Å². The third kappa shape index (κ3) is 4.98. The summed E-state index contributed by atoms with van der Waals surface area (Å²) in [6, 6.07) is 8.14. The summed E-state index contributed by atoms with van der Waals surface area (Å²) in [5.74, 6) is 0.269. The van der Waals surface area contributed by atoms with Crippen molar-refractivity contribution < 1.29 is 22.7 Å². The normalized spacial score (nSPS) is 12.9. The summed E-state index contributed by atoms with van der Waals surface area (Å²) in [5, 5.41) is 6.10. The Kier molecular flexibility index (Phi) is 6.25. The van der Waals surface area contributed by atoms with Crippen LogP contribution in [-0.2, 0) is 17.5 Å². The molecule has 0 fully saturated rings. The van der Waals surface area contributed by atoms with Gasteiger partial charge in [-0.25, -0.2) is 0 Å². The molecule has 142 valence electrons. The smallest absolute Gasteiger partial charge is 0.435 e. The molecule has 1 aromatic carbocycles. The first-order chi connectivity index (χ1) is 12.2. The van der Waals surface area contributed by atoms with Gasteiger partial charge in [-0.1, -0.05) is 18.2 Å². The van der Waals surface area contributed by atoms with Crippen LogP contribution in [0.3, 0.4) is 0 Å². The van der Waals surface area contributed by atoms with Crippen molar-refractivity contribution in [2.45, 2.75) is 18.8 Å². The molecule has 1 N–H and O–H groups in total. The molecule has 1 amide bonds. The van der Waals surface area contributed by atoms with Crippen LogP contribution < -0.4 is 10.1 Å². The van der Waals surface area contributed by atoms with Crippen LogP contribution in [0.15, 0.2) is 36.5 Å². The number of aromatic nitrogens is 2. The van der Waals surface area contributed by atoms with Gasteiger partial charge in [0.05, 0.1) is 13.2 Å². The zero-order valence-corrected chi connectivity index (χ0v) is 14.7. The number of benzene rings is 1. The van der Waals surface area contributed by atoms with Crippen molar-refractivity contribution in [3.8, 4) is 5.75 Å². The van der Waals surface area contributed by atoms with E-state index >= 15 is 0 Å². The molecular weight excluding hydrogens is 349 g/mol. The number of nitrogens with one attached hydrogen (secondary N) is 1. The van der Waals surface area contributed by atoms with Crippen LogP contribution in [0.5, 0.6) is 5.75 Å². The number of carbonyl (C=O) groups excluding carboxylic acids is 1. The van der Waals surface area contributed by atoms with Crippen molar-refractivity contribution in [3.63, 3.8) is 0 Å². The number of rotatable bonds is 7. The van der Waals surface area contributed by atoms with E-state index in [2.05, 4.69) is 10.4 Å². The summed E-state index contributed by atoms with van der Waals surface area (Å²) in [5.41, 5.74) is -0.121. The Morgan fingerprint density at radius 2 is 2.00 bits per heavy atom. The van der Waals surface area contributed by atoms with E-state index in [1.807, 2.05) is 43.3 Å². The summed E-state index contributed by atoms with van der Waals surface area (Å²) in [4.78, 5) is 14.0. The molecule has 0 saturated carbocycles. The number of hydrogen-bond donors (Lipinski definition) is 1. The Labute approximate surface area is 149 Å². The van der Waals surface area contributed by atoms with Gasteiger partial charge in [-0.2, -0.15) is 18.3 Å². The van der Waals surface area contributed by atoms with Crippen molar-refractivity contribution in [3.05, 3.63) is 47.8 Å². The molecule has 1 heterocycles. The van der Waals surface area contributed by atoms with E-state index in [4.69, 9.17) is 4.74 Å². The molecular formula is C17H21F3N4O2. The molecule has 0 saturated heterocycles. The van der Waals surface area contributed by atoms with Gasteiger partial charge in [0.1, 0.15) is 12.3 Å². The Morgan fingerprint density at radius 1 is 1.31 bits per heavy atom. The summed E-state index contributed by atoms with van der Waals surface area (Å²) in [7, 11) is 5.30. The molecule has 26 heavy (non-hydrogen) atoms. The standard InChI is InChI=1S/C17H21F3N4O2/c1-23(2)13(12-6-4-5-7-14(12)26-3)10-21-16(25)11-24-9-8-15(22-24)17(18,19)20/h4-9,13H,10-11H2,1-3H3,(H,21,25). The maximum Gasteiger partial charge on any atom is 0.435 e. The number of ether oxygens (including phenoxy) is 1. The van der Waals surface area contributed by atoms with Gasteiger partial charge in [-0.3, -0.25) is 9.48 Å². The summed E-state index contributed by atoms with van der Waals surface area (Å²) < 4.78 is 44.0. The molecule has 0 bridgehead atoms. The number of carbonyl (C=O) groups is 1. The highest BCUT2D eigenvalue weighted by molar-refractivity contribution is 5.75. The monoisotopic (exact) mass is 370 g/mol. The number of para-hydroxylation sites is 1. The van der Waals surface area contributed by atoms with Crippen molar-refractivity contribution in [1.29, 1.82) is 0 Å². The Balaban J connectivity index is 2.01. The van der Waals surface area contributed by atoms with Crippen molar-refractivity contribution in [2.75, 3.05) is 27.7 Å². The van der Waals surface area contributed by atoms with Crippen LogP contribution in [0.4, 0.5) is 13.2 Å². The van der Waals surface area contributed by atoms with E-state index < -0.39 is 17.8 Å². The Morgan fingerprint density at radius 3 is 2.58 bits per heavy atom. The first kappa shape index (κ1) is 19.8. The van der Waals surface area contributed by atoms with Crippen LogP contribution in [0, 0.1) is 0 Å². The lowest BCUT2D eigenvalue weighted by atomic mass is 10.0. The van der Waals surface area contributed by atoms with E-state index in [0.717, 1.165) is 22.5 Å². The van der Waals surface area contributed by atoms with E-state index in [-0.39, 0.29) is 19.1 Å². The molecule has 0 aliphatic heterocycles.